The lowest BCUT2D eigenvalue weighted by molar-refractivity contribution is -0.136. The zero-order chi connectivity index (χ0) is 27.0. The van der Waals surface area contributed by atoms with E-state index in [2.05, 4.69) is 34.1 Å². The maximum Gasteiger partial charge on any atom is 0.255 e. The normalized spacial score (nSPS) is 16.9. The molecule has 0 saturated carbocycles. The lowest BCUT2D eigenvalue weighted by Crippen LogP contribution is -2.52. The molecule has 5 rings (SSSR count). The fourth-order valence-electron chi connectivity index (χ4n) is 5.12. The summed E-state index contributed by atoms with van der Waals surface area (Å²) in [5.74, 6) is -0.105. The summed E-state index contributed by atoms with van der Waals surface area (Å²) in [5, 5.41) is 10.3. The minimum absolute atomic E-state index is 0.166. The summed E-state index contributed by atoms with van der Waals surface area (Å²) < 4.78 is 7.91. The van der Waals surface area contributed by atoms with Crippen molar-refractivity contribution in [3.8, 4) is 5.75 Å². The largest absolute Gasteiger partial charge is 0.494 e. The number of ether oxygens (including phenoxy) is 1. The Balaban J connectivity index is 0.949. The molecule has 39 heavy (non-hydrogen) atoms. The SMILES string of the molecule is O=C1CCC(N2Cc3cc(OCCCCCCNCc4cnn(Cc5ccccc5)c4)ccc3C2=O)C(=O)N1. The number of unbranched alkanes of at least 4 members (excludes halogenated alkanes) is 3. The van der Waals surface area contributed by atoms with Crippen LogP contribution in [0.15, 0.2) is 60.9 Å². The molecule has 2 N–H and O–H groups in total. The molecule has 3 amide bonds. The van der Waals surface area contributed by atoms with Crippen molar-refractivity contribution >= 4 is 17.7 Å². The van der Waals surface area contributed by atoms with Gasteiger partial charge in [-0.1, -0.05) is 43.2 Å². The number of fused-ring (bicyclic) bond motifs is 1. The van der Waals surface area contributed by atoms with E-state index in [1.54, 1.807) is 11.0 Å². The van der Waals surface area contributed by atoms with Gasteiger partial charge in [0.15, 0.2) is 0 Å². The molecule has 2 aliphatic heterocycles. The first-order valence-electron chi connectivity index (χ1n) is 13.7. The van der Waals surface area contributed by atoms with Crippen LogP contribution in [0, 0.1) is 0 Å². The third-order valence-corrected chi connectivity index (χ3v) is 7.21. The van der Waals surface area contributed by atoms with E-state index < -0.39 is 11.9 Å². The third-order valence-electron chi connectivity index (χ3n) is 7.21. The summed E-state index contributed by atoms with van der Waals surface area (Å²) in [7, 11) is 0. The number of hydrogen-bond donors (Lipinski definition) is 2. The van der Waals surface area contributed by atoms with Crippen LogP contribution in [0.3, 0.4) is 0 Å². The number of nitrogens with zero attached hydrogens (tertiary/aromatic N) is 3. The topological polar surface area (TPSA) is 106 Å². The Morgan fingerprint density at radius 1 is 1.00 bits per heavy atom. The number of carbonyl (C=O) groups excluding carboxylic acids is 3. The van der Waals surface area contributed by atoms with Crippen LogP contribution in [-0.4, -0.2) is 51.6 Å². The van der Waals surface area contributed by atoms with Crippen LogP contribution in [0.25, 0.3) is 0 Å². The van der Waals surface area contributed by atoms with Crippen molar-refractivity contribution in [1.29, 1.82) is 0 Å². The molecule has 0 spiro atoms. The molecule has 1 unspecified atom stereocenters. The average Bonchev–Trinajstić information content (AvgIpc) is 3.51. The molecule has 9 nitrogen and oxygen atoms in total. The Labute approximate surface area is 228 Å². The van der Waals surface area contributed by atoms with Crippen LogP contribution in [0.4, 0.5) is 0 Å². The van der Waals surface area contributed by atoms with Crippen molar-refractivity contribution < 1.29 is 19.1 Å². The number of benzene rings is 2. The highest BCUT2D eigenvalue weighted by molar-refractivity contribution is 6.05. The van der Waals surface area contributed by atoms with Crippen LogP contribution in [0.2, 0.25) is 0 Å². The fourth-order valence-corrected chi connectivity index (χ4v) is 5.12. The van der Waals surface area contributed by atoms with E-state index in [1.165, 1.54) is 11.1 Å². The fraction of sp³-hybridized carbons (Fsp3) is 0.400. The van der Waals surface area contributed by atoms with E-state index in [9.17, 15) is 14.4 Å². The quantitative estimate of drug-likeness (QED) is 0.260. The van der Waals surface area contributed by atoms with Crippen molar-refractivity contribution in [2.75, 3.05) is 13.2 Å². The second-order valence-electron chi connectivity index (χ2n) is 10.2. The molecule has 1 atom stereocenters. The average molecular weight is 530 g/mol. The summed E-state index contributed by atoms with van der Waals surface area (Å²) in [5.41, 5.74) is 3.89. The molecule has 0 aliphatic carbocycles. The summed E-state index contributed by atoms with van der Waals surface area (Å²) in [6.07, 6.45) is 8.92. The Morgan fingerprint density at radius 2 is 1.85 bits per heavy atom. The first-order valence-corrected chi connectivity index (χ1v) is 13.7. The summed E-state index contributed by atoms with van der Waals surface area (Å²) in [4.78, 5) is 38.0. The molecule has 1 fully saturated rings. The molecular weight excluding hydrogens is 494 g/mol. The lowest BCUT2D eigenvalue weighted by atomic mass is 10.0. The first kappa shape index (κ1) is 26.6. The van der Waals surface area contributed by atoms with Crippen molar-refractivity contribution in [3.05, 3.63) is 83.2 Å². The smallest absolute Gasteiger partial charge is 0.255 e. The Kier molecular flexibility index (Phi) is 8.68. The van der Waals surface area contributed by atoms with Crippen LogP contribution >= 0.6 is 0 Å². The minimum atomic E-state index is -0.598. The van der Waals surface area contributed by atoms with E-state index in [1.807, 2.05) is 41.2 Å². The molecule has 1 aromatic heterocycles. The first-order chi connectivity index (χ1) is 19.1. The minimum Gasteiger partial charge on any atom is -0.494 e. The third kappa shape index (κ3) is 6.92. The molecule has 3 heterocycles. The van der Waals surface area contributed by atoms with Gasteiger partial charge in [0.05, 0.1) is 19.3 Å². The van der Waals surface area contributed by atoms with Gasteiger partial charge in [0.1, 0.15) is 11.8 Å². The van der Waals surface area contributed by atoms with Crippen LogP contribution < -0.4 is 15.4 Å². The van der Waals surface area contributed by atoms with E-state index in [-0.39, 0.29) is 18.2 Å². The van der Waals surface area contributed by atoms with Crippen molar-refractivity contribution in [3.63, 3.8) is 0 Å². The van der Waals surface area contributed by atoms with Gasteiger partial charge in [0, 0.05) is 36.8 Å². The molecule has 204 valence electrons. The molecule has 2 aromatic carbocycles. The number of nitrogens with one attached hydrogen (secondary N) is 2. The molecule has 0 radical (unpaired) electrons. The zero-order valence-corrected chi connectivity index (χ0v) is 22.1. The van der Waals surface area contributed by atoms with Gasteiger partial charge in [-0.2, -0.15) is 5.10 Å². The van der Waals surface area contributed by atoms with Gasteiger partial charge in [0.2, 0.25) is 11.8 Å². The molecular formula is C30H35N5O4. The van der Waals surface area contributed by atoms with Gasteiger partial charge >= 0.3 is 0 Å². The number of hydrogen-bond acceptors (Lipinski definition) is 6. The Bertz CT molecular complexity index is 1310. The zero-order valence-electron chi connectivity index (χ0n) is 22.1. The van der Waals surface area contributed by atoms with Gasteiger partial charge in [-0.15, -0.1) is 0 Å². The molecule has 9 heteroatoms. The highest BCUT2D eigenvalue weighted by Gasteiger charge is 2.39. The highest BCUT2D eigenvalue weighted by Crippen LogP contribution is 2.30. The molecule has 0 bridgehead atoms. The molecule has 1 saturated heterocycles. The number of imide groups is 1. The van der Waals surface area contributed by atoms with Gasteiger partial charge in [0.25, 0.3) is 5.91 Å². The molecule has 2 aliphatic rings. The monoisotopic (exact) mass is 529 g/mol. The summed E-state index contributed by atoms with van der Waals surface area (Å²) in [6.45, 7) is 3.55. The Hall–Kier alpha value is -3.98. The predicted molar refractivity (Wildman–Crippen MR) is 146 cm³/mol. The second kappa shape index (κ2) is 12.7. The number of amides is 3. The standard InChI is InChI=1S/C30H35N5O4/c36-28-13-12-27(29(37)33-28)35-21-24-16-25(10-11-26(24)30(35)38)39-15-7-2-1-6-14-31-17-23-18-32-34(20-23)19-22-8-4-3-5-9-22/h3-5,8-11,16,18,20,27,31H,1-2,6-7,12-15,17,19,21H2,(H,33,36,37). The molecule has 3 aromatic rings. The van der Waals surface area contributed by atoms with Crippen molar-refractivity contribution in [2.45, 2.75) is 64.2 Å². The second-order valence-corrected chi connectivity index (χ2v) is 10.2. The van der Waals surface area contributed by atoms with Gasteiger partial charge in [-0.25, -0.2) is 0 Å². The van der Waals surface area contributed by atoms with Crippen LogP contribution in [-0.2, 0) is 29.2 Å². The van der Waals surface area contributed by atoms with E-state index in [0.717, 1.165) is 56.6 Å². The highest BCUT2D eigenvalue weighted by atomic mass is 16.5. The van der Waals surface area contributed by atoms with E-state index in [4.69, 9.17) is 4.74 Å². The Morgan fingerprint density at radius 3 is 2.69 bits per heavy atom. The van der Waals surface area contributed by atoms with Gasteiger partial charge < -0.3 is 15.0 Å². The maximum absolute atomic E-state index is 12.8. The number of piperidine rings is 1. The van der Waals surface area contributed by atoms with Gasteiger partial charge in [-0.3, -0.25) is 24.4 Å². The van der Waals surface area contributed by atoms with Crippen LogP contribution in [0.1, 0.15) is 65.6 Å². The van der Waals surface area contributed by atoms with Crippen molar-refractivity contribution in [2.24, 2.45) is 0 Å². The maximum atomic E-state index is 12.8. The van der Waals surface area contributed by atoms with Crippen molar-refractivity contribution in [1.82, 2.24) is 25.3 Å². The van der Waals surface area contributed by atoms with E-state index in [0.29, 0.717) is 25.1 Å². The number of rotatable bonds is 13. The summed E-state index contributed by atoms with van der Waals surface area (Å²) in [6, 6.07) is 15.2. The van der Waals surface area contributed by atoms with E-state index >= 15 is 0 Å². The van der Waals surface area contributed by atoms with Crippen LogP contribution in [0.5, 0.6) is 5.75 Å². The lowest BCUT2D eigenvalue weighted by Gasteiger charge is -2.29. The predicted octanol–water partition coefficient (Wildman–Crippen LogP) is 3.42. The number of carbonyl (C=O) groups is 3. The number of aromatic nitrogens is 2. The van der Waals surface area contributed by atoms with Gasteiger partial charge in [-0.05, 0) is 55.1 Å². The summed E-state index contributed by atoms with van der Waals surface area (Å²) >= 11 is 0.